The van der Waals surface area contributed by atoms with Crippen LogP contribution in [0, 0.1) is 17.7 Å². The standard InChI is InChI=1S/C24H30FN3O3S2/c1-6-28-21-12-9-19(25)13-22(21)32-24(28)26-23(29)18-7-10-20(11-8-18)33(30,31)27(14-16(2)3)15-17(4)5/h7-13,16-17H,6,14-15H2,1-5H3. The highest BCUT2D eigenvalue weighted by molar-refractivity contribution is 7.89. The van der Waals surface area contributed by atoms with Gasteiger partial charge < -0.3 is 4.57 Å². The van der Waals surface area contributed by atoms with Crippen LogP contribution in [0.15, 0.2) is 52.4 Å². The largest absolute Gasteiger partial charge is 0.317 e. The first-order chi connectivity index (χ1) is 15.5. The van der Waals surface area contributed by atoms with E-state index in [0.29, 0.717) is 34.7 Å². The molecule has 0 fully saturated rings. The average molecular weight is 492 g/mol. The maximum atomic E-state index is 13.6. The summed E-state index contributed by atoms with van der Waals surface area (Å²) in [6, 6.07) is 10.4. The molecule has 0 aliphatic rings. The van der Waals surface area contributed by atoms with Crippen molar-refractivity contribution in [3.63, 3.8) is 0 Å². The van der Waals surface area contributed by atoms with Crippen molar-refractivity contribution < 1.29 is 17.6 Å². The van der Waals surface area contributed by atoms with Crippen LogP contribution in [0.1, 0.15) is 45.0 Å². The number of aromatic nitrogens is 1. The normalized spacial score (nSPS) is 13.1. The fourth-order valence-corrected chi connectivity index (χ4v) is 6.48. The number of thiazole rings is 1. The Balaban J connectivity index is 1.92. The molecule has 33 heavy (non-hydrogen) atoms. The van der Waals surface area contributed by atoms with Crippen molar-refractivity contribution in [2.45, 2.75) is 46.1 Å². The van der Waals surface area contributed by atoms with Gasteiger partial charge in [-0.15, -0.1) is 0 Å². The summed E-state index contributed by atoms with van der Waals surface area (Å²) in [5.74, 6) is -0.434. The lowest BCUT2D eigenvalue weighted by atomic mass is 10.2. The molecule has 0 atom stereocenters. The van der Waals surface area contributed by atoms with E-state index in [1.54, 1.807) is 6.07 Å². The van der Waals surface area contributed by atoms with Gasteiger partial charge in [0.2, 0.25) is 10.0 Å². The fraction of sp³-hybridized carbons (Fsp3) is 0.417. The Labute approximate surface area is 198 Å². The van der Waals surface area contributed by atoms with E-state index in [0.717, 1.165) is 5.52 Å². The summed E-state index contributed by atoms with van der Waals surface area (Å²) in [5, 5.41) is 0. The molecule has 0 radical (unpaired) electrons. The van der Waals surface area contributed by atoms with Crippen LogP contribution in [0.2, 0.25) is 0 Å². The average Bonchev–Trinajstić information content (AvgIpc) is 3.08. The van der Waals surface area contributed by atoms with Gasteiger partial charge in [0.15, 0.2) is 4.80 Å². The molecule has 0 unspecified atom stereocenters. The minimum atomic E-state index is -3.67. The van der Waals surface area contributed by atoms with Gasteiger partial charge in [-0.3, -0.25) is 4.79 Å². The van der Waals surface area contributed by atoms with Crippen molar-refractivity contribution in [2.75, 3.05) is 13.1 Å². The monoisotopic (exact) mass is 491 g/mol. The van der Waals surface area contributed by atoms with Crippen LogP contribution in [0.4, 0.5) is 4.39 Å². The van der Waals surface area contributed by atoms with E-state index < -0.39 is 15.9 Å². The predicted molar refractivity (Wildman–Crippen MR) is 130 cm³/mol. The molecule has 0 N–H and O–H groups in total. The highest BCUT2D eigenvalue weighted by atomic mass is 32.2. The summed E-state index contributed by atoms with van der Waals surface area (Å²) >= 11 is 1.24. The summed E-state index contributed by atoms with van der Waals surface area (Å²) in [4.78, 5) is 17.7. The lowest BCUT2D eigenvalue weighted by molar-refractivity contribution is 0.0997. The first kappa shape index (κ1) is 25.3. The van der Waals surface area contributed by atoms with Crippen LogP contribution in [0.5, 0.6) is 0 Å². The maximum Gasteiger partial charge on any atom is 0.279 e. The van der Waals surface area contributed by atoms with Gasteiger partial charge in [0.05, 0.1) is 15.1 Å². The number of hydrogen-bond acceptors (Lipinski definition) is 4. The molecule has 1 aromatic heterocycles. The zero-order valence-electron chi connectivity index (χ0n) is 19.6. The predicted octanol–water partition coefficient (Wildman–Crippen LogP) is 4.91. The molecular weight excluding hydrogens is 461 g/mol. The second kappa shape index (κ2) is 10.3. The van der Waals surface area contributed by atoms with Crippen LogP contribution < -0.4 is 4.80 Å². The van der Waals surface area contributed by atoms with E-state index in [-0.39, 0.29) is 22.5 Å². The molecule has 2 aromatic carbocycles. The van der Waals surface area contributed by atoms with E-state index in [1.807, 2.05) is 39.2 Å². The smallest absolute Gasteiger partial charge is 0.279 e. The molecule has 0 spiro atoms. The minimum Gasteiger partial charge on any atom is -0.317 e. The molecule has 0 saturated heterocycles. The molecular formula is C24H30FN3O3S2. The maximum absolute atomic E-state index is 13.6. The summed E-state index contributed by atoms with van der Waals surface area (Å²) in [7, 11) is -3.67. The van der Waals surface area contributed by atoms with Crippen molar-refractivity contribution in [3.8, 4) is 0 Å². The number of rotatable bonds is 8. The van der Waals surface area contributed by atoms with Crippen LogP contribution in [-0.2, 0) is 16.6 Å². The second-order valence-electron chi connectivity index (χ2n) is 8.79. The third-order valence-electron chi connectivity index (χ3n) is 5.03. The quantitative estimate of drug-likeness (QED) is 0.450. The summed E-state index contributed by atoms with van der Waals surface area (Å²) in [6.07, 6.45) is 0. The van der Waals surface area contributed by atoms with Crippen LogP contribution in [0.25, 0.3) is 10.2 Å². The van der Waals surface area contributed by atoms with Crippen molar-refractivity contribution in [2.24, 2.45) is 16.8 Å². The number of sulfonamides is 1. The number of halogens is 1. The first-order valence-corrected chi connectivity index (χ1v) is 13.3. The summed E-state index contributed by atoms with van der Waals surface area (Å²) in [6.45, 7) is 11.3. The Kier molecular flexibility index (Phi) is 7.87. The van der Waals surface area contributed by atoms with Crippen LogP contribution in [-0.4, -0.2) is 36.3 Å². The van der Waals surface area contributed by atoms with E-state index >= 15 is 0 Å². The number of aryl methyl sites for hydroxylation is 1. The first-order valence-electron chi connectivity index (χ1n) is 11.0. The van der Waals surface area contributed by atoms with Gasteiger partial charge in [-0.2, -0.15) is 9.30 Å². The fourth-order valence-electron chi connectivity index (χ4n) is 3.59. The van der Waals surface area contributed by atoms with Gasteiger partial charge in [-0.1, -0.05) is 39.0 Å². The molecule has 0 aliphatic heterocycles. The molecule has 178 valence electrons. The molecule has 6 nitrogen and oxygen atoms in total. The molecule has 1 amide bonds. The molecule has 0 bridgehead atoms. The van der Waals surface area contributed by atoms with Crippen molar-refractivity contribution in [1.29, 1.82) is 0 Å². The Morgan fingerprint density at radius 3 is 2.21 bits per heavy atom. The Hall–Kier alpha value is -2.36. The topological polar surface area (TPSA) is 71.7 Å². The van der Waals surface area contributed by atoms with E-state index in [1.165, 1.54) is 52.0 Å². The van der Waals surface area contributed by atoms with E-state index in [2.05, 4.69) is 4.99 Å². The Morgan fingerprint density at radius 2 is 1.67 bits per heavy atom. The van der Waals surface area contributed by atoms with Crippen molar-refractivity contribution in [3.05, 3.63) is 58.6 Å². The van der Waals surface area contributed by atoms with Gasteiger partial charge in [0.25, 0.3) is 5.91 Å². The number of nitrogens with zero attached hydrogens (tertiary/aromatic N) is 3. The zero-order chi connectivity index (χ0) is 24.3. The summed E-state index contributed by atoms with van der Waals surface area (Å²) in [5.41, 5.74) is 1.10. The molecule has 9 heteroatoms. The highest BCUT2D eigenvalue weighted by Crippen LogP contribution is 2.21. The molecule has 0 aliphatic carbocycles. The van der Waals surface area contributed by atoms with E-state index in [9.17, 15) is 17.6 Å². The number of amides is 1. The lowest BCUT2D eigenvalue weighted by Crippen LogP contribution is -2.37. The SMILES string of the molecule is CCn1c(=NC(=O)c2ccc(S(=O)(=O)N(CC(C)C)CC(C)C)cc2)sc2cc(F)ccc21. The number of hydrogen-bond donors (Lipinski definition) is 0. The van der Waals surface area contributed by atoms with Crippen molar-refractivity contribution >= 4 is 37.5 Å². The Morgan fingerprint density at radius 1 is 1.06 bits per heavy atom. The van der Waals surface area contributed by atoms with Crippen molar-refractivity contribution in [1.82, 2.24) is 8.87 Å². The van der Waals surface area contributed by atoms with Crippen LogP contribution >= 0.6 is 11.3 Å². The number of fused-ring (bicyclic) bond motifs is 1. The number of benzene rings is 2. The highest BCUT2D eigenvalue weighted by Gasteiger charge is 2.26. The molecule has 3 rings (SSSR count). The number of carbonyl (C=O) groups is 1. The van der Waals surface area contributed by atoms with Gasteiger partial charge in [-0.05, 0) is 61.2 Å². The molecule has 3 aromatic rings. The zero-order valence-corrected chi connectivity index (χ0v) is 21.2. The number of carbonyl (C=O) groups excluding carboxylic acids is 1. The third-order valence-corrected chi connectivity index (χ3v) is 7.92. The Bertz CT molecular complexity index is 1300. The minimum absolute atomic E-state index is 0.154. The van der Waals surface area contributed by atoms with E-state index in [4.69, 9.17) is 0 Å². The van der Waals surface area contributed by atoms with Crippen LogP contribution in [0.3, 0.4) is 0 Å². The second-order valence-corrected chi connectivity index (χ2v) is 11.7. The third kappa shape index (κ3) is 5.77. The molecule has 0 saturated carbocycles. The summed E-state index contributed by atoms with van der Waals surface area (Å²) < 4.78 is 44.0. The van der Waals surface area contributed by atoms with Gasteiger partial charge in [-0.25, -0.2) is 12.8 Å². The van der Waals surface area contributed by atoms with Gasteiger partial charge >= 0.3 is 0 Å². The van der Waals surface area contributed by atoms with Gasteiger partial charge in [0, 0.05) is 25.2 Å². The lowest BCUT2D eigenvalue weighted by Gasteiger charge is -2.25. The molecule has 1 heterocycles. The van der Waals surface area contributed by atoms with Gasteiger partial charge in [0.1, 0.15) is 5.82 Å².